The quantitative estimate of drug-likeness (QED) is 0.811. The second-order valence-corrected chi connectivity index (χ2v) is 4.88. The number of methoxy groups -OCH3 is 1. The van der Waals surface area contributed by atoms with E-state index in [2.05, 4.69) is 13.8 Å². The molecule has 2 nitrogen and oxygen atoms in total. The van der Waals surface area contributed by atoms with E-state index in [1.54, 1.807) is 6.07 Å². The first kappa shape index (κ1) is 10.4. The van der Waals surface area contributed by atoms with Crippen LogP contribution in [-0.4, -0.2) is 7.11 Å². The lowest BCUT2D eigenvalue weighted by Gasteiger charge is -2.18. The van der Waals surface area contributed by atoms with Crippen LogP contribution in [0.3, 0.4) is 0 Å². The second-order valence-electron chi connectivity index (χ2n) is 4.88. The number of nitrogens with two attached hydrogens (primary N) is 1. The number of halogens is 1. The molecule has 1 aromatic carbocycles. The van der Waals surface area contributed by atoms with Crippen molar-refractivity contribution in [2.75, 3.05) is 7.11 Å². The van der Waals surface area contributed by atoms with Gasteiger partial charge in [-0.25, -0.2) is 4.39 Å². The van der Waals surface area contributed by atoms with Crippen molar-refractivity contribution in [3.05, 3.63) is 29.6 Å². The number of benzene rings is 1. The highest BCUT2D eigenvalue weighted by Gasteiger charge is 2.60. The lowest BCUT2D eigenvalue weighted by molar-refractivity contribution is 0.392. The van der Waals surface area contributed by atoms with Gasteiger partial charge in [-0.2, -0.15) is 0 Å². The van der Waals surface area contributed by atoms with Gasteiger partial charge >= 0.3 is 0 Å². The first-order chi connectivity index (χ1) is 6.90. The molecule has 0 radical (unpaired) electrons. The van der Waals surface area contributed by atoms with E-state index in [0.29, 0.717) is 5.75 Å². The molecule has 0 saturated heterocycles. The SMILES string of the molecule is COc1cc(F)ccc1C1(N)CC1(C)C. The largest absolute Gasteiger partial charge is 0.496 e. The Labute approximate surface area is 89.2 Å². The zero-order valence-corrected chi connectivity index (χ0v) is 9.30. The maximum atomic E-state index is 13.0. The summed E-state index contributed by atoms with van der Waals surface area (Å²) in [7, 11) is 1.54. The fourth-order valence-corrected chi connectivity index (χ4v) is 2.15. The van der Waals surface area contributed by atoms with Crippen LogP contribution in [0.5, 0.6) is 5.75 Å². The molecule has 1 unspecified atom stereocenters. The minimum absolute atomic E-state index is 0.0676. The van der Waals surface area contributed by atoms with Gasteiger partial charge in [-0.3, -0.25) is 0 Å². The fraction of sp³-hybridized carbons (Fsp3) is 0.500. The van der Waals surface area contributed by atoms with Crippen LogP contribution in [0.1, 0.15) is 25.8 Å². The molecule has 0 heterocycles. The average Bonchev–Trinajstić information content (AvgIpc) is 2.66. The molecule has 1 atom stereocenters. The molecule has 15 heavy (non-hydrogen) atoms. The van der Waals surface area contributed by atoms with Crippen LogP contribution in [0, 0.1) is 11.2 Å². The van der Waals surface area contributed by atoms with E-state index in [-0.39, 0.29) is 16.8 Å². The molecule has 1 aromatic rings. The van der Waals surface area contributed by atoms with Gasteiger partial charge in [0.1, 0.15) is 11.6 Å². The molecular weight excluding hydrogens is 193 g/mol. The van der Waals surface area contributed by atoms with Crippen molar-refractivity contribution in [2.45, 2.75) is 25.8 Å². The molecule has 82 valence electrons. The van der Waals surface area contributed by atoms with Crippen LogP contribution < -0.4 is 10.5 Å². The number of hydrogen-bond acceptors (Lipinski definition) is 2. The predicted molar refractivity (Wildman–Crippen MR) is 57.2 cm³/mol. The van der Waals surface area contributed by atoms with E-state index in [4.69, 9.17) is 10.5 Å². The Morgan fingerprint density at radius 3 is 2.47 bits per heavy atom. The highest BCUT2D eigenvalue weighted by atomic mass is 19.1. The summed E-state index contributed by atoms with van der Waals surface area (Å²) in [4.78, 5) is 0. The Morgan fingerprint density at radius 1 is 1.40 bits per heavy atom. The summed E-state index contributed by atoms with van der Waals surface area (Å²) in [6.45, 7) is 4.21. The normalized spacial score (nSPS) is 27.5. The van der Waals surface area contributed by atoms with Crippen molar-refractivity contribution in [1.29, 1.82) is 0 Å². The second kappa shape index (κ2) is 2.95. The van der Waals surface area contributed by atoms with Crippen molar-refractivity contribution in [3.8, 4) is 5.75 Å². The van der Waals surface area contributed by atoms with Crippen LogP contribution in [0.4, 0.5) is 4.39 Å². The zero-order valence-electron chi connectivity index (χ0n) is 9.30. The van der Waals surface area contributed by atoms with Gasteiger partial charge in [0, 0.05) is 11.6 Å². The van der Waals surface area contributed by atoms with Gasteiger partial charge in [0.05, 0.1) is 12.6 Å². The molecule has 0 aliphatic heterocycles. The van der Waals surface area contributed by atoms with Crippen molar-refractivity contribution in [2.24, 2.45) is 11.1 Å². The molecule has 3 heteroatoms. The molecular formula is C12H16FNO. The van der Waals surface area contributed by atoms with E-state index in [1.165, 1.54) is 19.2 Å². The van der Waals surface area contributed by atoms with E-state index >= 15 is 0 Å². The van der Waals surface area contributed by atoms with Crippen LogP contribution in [0.15, 0.2) is 18.2 Å². The number of ether oxygens (including phenoxy) is 1. The molecule has 0 amide bonds. The van der Waals surface area contributed by atoms with Crippen molar-refractivity contribution >= 4 is 0 Å². The predicted octanol–water partition coefficient (Wildman–Crippen LogP) is 2.42. The third-order valence-electron chi connectivity index (χ3n) is 3.45. The topological polar surface area (TPSA) is 35.2 Å². The van der Waals surface area contributed by atoms with Gasteiger partial charge in [-0.15, -0.1) is 0 Å². The number of hydrogen-bond donors (Lipinski definition) is 1. The first-order valence-corrected chi connectivity index (χ1v) is 5.04. The van der Waals surface area contributed by atoms with Crippen molar-refractivity contribution < 1.29 is 9.13 Å². The Balaban J connectivity index is 2.46. The smallest absolute Gasteiger partial charge is 0.126 e. The average molecular weight is 209 g/mol. The lowest BCUT2D eigenvalue weighted by Crippen LogP contribution is -2.26. The Kier molecular flexibility index (Phi) is 2.05. The molecule has 1 aliphatic rings. The summed E-state index contributed by atoms with van der Waals surface area (Å²) in [5.74, 6) is 0.251. The Morgan fingerprint density at radius 2 is 2.00 bits per heavy atom. The molecule has 0 spiro atoms. The molecule has 1 saturated carbocycles. The van der Waals surface area contributed by atoms with Crippen molar-refractivity contribution in [3.63, 3.8) is 0 Å². The fourth-order valence-electron chi connectivity index (χ4n) is 2.15. The highest BCUT2D eigenvalue weighted by molar-refractivity contribution is 5.45. The minimum atomic E-state index is -0.369. The van der Waals surface area contributed by atoms with Gasteiger partial charge in [0.2, 0.25) is 0 Å². The molecule has 1 aliphatic carbocycles. The van der Waals surface area contributed by atoms with Crippen LogP contribution >= 0.6 is 0 Å². The molecule has 0 aromatic heterocycles. The third-order valence-corrected chi connectivity index (χ3v) is 3.45. The maximum Gasteiger partial charge on any atom is 0.126 e. The van der Waals surface area contributed by atoms with E-state index in [9.17, 15) is 4.39 Å². The number of rotatable bonds is 2. The van der Waals surface area contributed by atoms with E-state index < -0.39 is 0 Å². The summed E-state index contributed by atoms with van der Waals surface area (Å²) in [6.07, 6.45) is 0.905. The Hall–Kier alpha value is -1.09. The highest BCUT2D eigenvalue weighted by Crippen LogP contribution is 2.61. The summed E-state index contributed by atoms with van der Waals surface area (Å²) >= 11 is 0. The summed E-state index contributed by atoms with van der Waals surface area (Å²) in [5, 5.41) is 0. The minimum Gasteiger partial charge on any atom is -0.496 e. The van der Waals surface area contributed by atoms with Gasteiger partial charge in [0.25, 0.3) is 0 Å². The van der Waals surface area contributed by atoms with Crippen LogP contribution in [-0.2, 0) is 5.54 Å². The molecule has 2 rings (SSSR count). The van der Waals surface area contributed by atoms with Gasteiger partial charge < -0.3 is 10.5 Å². The summed E-state index contributed by atoms with van der Waals surface area (Å²) < 4.78 is 18.2. The Bertz CT molecular complexity index is 403. The molecule has 0 bridgehead atoms. The zero-order chi connectivity index (χ0) is 11.3. The van der Waals surface area contributed by atoms with Crippen molar-refractivity contribution in [1.82, 2.24) is 0 Å². The third kappa shape index (κ3) is 1.42. The van der Waals surface area contributed by atoms with Gasteiger partial charge in [-0.1, -0.05) is 19.9 Å². The first-order valence-electron chi connectivity index (χ1n) is 5.04. The van der Waals surface area contributed by atoms with Crippen LogP contribution in [0.25, 0.3) is 0 Å². The van der Waals surface area contributed by atoms with E-state index in [1.807, 2.05) is 0 Å². The maximum absolute atomic E-state index is 13.0. The molecule has 2 N–H and O–H groups in total. The monoisotopic (exact) mass is 209 g/mol. The molecule has 1 fully saturated rings. The summed E-state index contributed by atoms with van der Waals surface area (Å²) in [5.41, 5.74) is 6.87. The standard InChI is InChI=1S/C12H16FNO/c1-11(2)7-12(11,14)9-5-4-8(13)6-10(9)15-3/h4-6H,7,14H2,1-3H3. The van der Waals surface area contributed by atoms with Gasteiger partial charge in [-0.05, 0) is 17.9 Å². The van der Waals surface area contributed by atoms with Crippen LogP contribution in [0.2, 0.25) is 0 Å². The lowest BCUT2D eigenvalue weighted by atomic mass is 9.96. The van der Waals surface area contributed by atoms with Gasteiger partial charge in [0.15, 0.2) is 0 Å². The summed E-state index contributed by atoms with van der Waals surface area (Å²) in [6, 6.07) is 4.54. The van der Waals surface area contributed by atoms with E-state index in [0.717, 1.165) is 12.0 Å².